The molecule has 1 amide bonds. The maximum atomic E-state index is 11.5. The lowest BCUT2D eigenvalue weighted by Crippen LogP contribution is -2.25. The number of nitrogens with one attached hydrogen (secondary N) is 1. The Balaban J connectivity index is 2.18. The molecule has 0 radical (unpaired) electrons. The summed E-state index contributed by atoms with van der Waals surface area (Å²) in [5, 5.41) is 11.8. The van der Waals surface area contributed by atoms with E-state index in [0.29, 0.717) is 13.0 Å². The van der Waals surface area contributed by atoms with E-state index in [1.165, 1.54) is 5.56 Å². The van der Waals surface area contributed by atoms with E-state index in [4.69, 9.17) is 5.11 Å². The fraction of sp³-hybridized carbons (Fsp3) is 0.500. The zero-order chi connectivity index (χ0) is 13.2. The van der Waals surface area contributed by atoms with Gasteiger partial charge in [-0.1, -0.05) is 31.2 Å². The van der Waals surface area contributed by atoms with E-state index in [1.54, 1.807) is 11.8 Å². The van der Waals surface area contributed by atoms with E-state index in [0.717, 1.165) is 23.5 Å². The van der Waals surface area contributed by atoms with Gasteiger partial charge >= 0.3 is 0 Å². The first-order valence-electron chi connectivity index (χ1n) is 6.29. The SMILES string of the molecule is CCSCCC(=O)NCCc1ccc(CO)cc1. The Morgan fingerprint density at radius 3 is 2.56 bits per heavy atom. The summed E-state index contributed by atoms with van der Waals surface area (Å²) >= 11 is 1.79. The first kappa shape index (κ1) is 15.1. The van der Waals surface area contributed by atoms with Crippen molar-refractivity contribution in [3.63, 3.8) is 0 Å². The van der Waals surface area contributed by atoms with Gasteiger partial charge in [-0.2, -0.15) is 11.8 Å². The maximum Gasteiger partial charge on any atom is 0.220 e. The Bertz CT molecular complexity index is 351. The van der Waals surface area contributed by atoms with Gasteiger partial charge in [0, 0.05) is 18.7 Å². The molecule has 0 heterocycles. The summed E-state index contributed by atoms with van der Waals surface area (Å²) in [6, 6.07) is 7.80. The lowest BCUT2D eigenvalue weighted by atomic mass is 10.1. The van der Waals surface area contributed by atoms with Crippen LogP contribution >= 0.6 is 11.8 Å². The van der Waals surface area contributed by atoms with Crippen molar-refractivity contribution in [2.45, 2.75) is 26.4 Å². The topological polar surface area (TPSA) is 49.3 Å². The van der Waals surface area contributed by atoms with Crippen LogP contribution in [-0.2, 0) is 17.8 Å². The minimum atomic E-state index is 0.0755. The minimum absolute atomic E-state index is 0.0755. The van der Waals surface area contributed by atoms with Crippen molar-refractivity contribution in [2.24, 2.45) is 0 Å². The summed E-state index contributed by atoms with van der Waals surface area (Å²) in [4.78, 5) is 11.5. The largest absolute Gasteiger partial charge is 0.392 e. The molecule has 1 aromatic carbocycles. The average molecular weight is 267 g/mol. The van der Waals surface area contributed by atoms with E-state index >= 15 is 0 Å². The van der Waals surface area contributed by atoms with Gasteiger partial charge < -0.3 is 10.4 Å². The molecule has 0 aliphatic carbocycles. The molecule has 4 heteroatoms. The third-order valence-electron chi connectivity index (χ3n) is 2.62. The normalized spacial score (nSPS) is 10.3. The number of hydrogen-bond acceptors (Lipinski definition) is 3. The molecule has 18 heavy (non-hydrogen) atoms. The van der Waals surface area contributed by atoms with Gasteiger partial charge in [0.25, 0.3) is 0 Å². The molecule has 0 fully saturated rings. The highest BCUT2D eigenvalue weighted by atomic mass is 32.2. The maximum absolute atomic E-state index is 11.5. The number of benzene rings is 1. The van der Waals surface area contributed by atoms with Crippen LogP contribution in [0.3, 0.4) is 0 Å². The van der Waals surface area contributed by atoms with E-state index in [-0.39, 0.29) is 12.5 Å². The number of carbonyl (C=O) groups is 1. The van der Waals surface area contributed by atoms with E-state index in [1.807, 2.05) is 24.3 Å². The predicted octanol–water partition coefficient (Wildman–Crippen LogP) is 1.98. The van der Waals surface area contributed by atoms with Crippen LogP contribution in [0.15, 0.2) is 24.3 Å². The lowest BCUT2D eigenvalue weighted by molar-refractivity contribution is -0.120. The van der Waals surface area contributed by atoms with E-state index in [9.17, 15) is 4.79 Å². The van der Waals surface area contributed by atoms with Crippen LogP contribution in [0.5, 0.6) is 0 Å². The van der Waals surface area contributed by atoms with Crippen molar-refractivity contribution in [2.75, 3.05) is 18.1 Å². The first-order valence-corrected chi connectivity index (χ1v) is 7.45. The molecular weight excluding hydrogens is 246 g/mol. The second kappa shape index (κ2) is 9.00. The van der Waals surface area contributed by atoms with Gasteiger partial charge in [0.15, 0.2) is 0 Å². The van der Waals surface area contributed by atoms with Crippen LogP contribution in [0.2, 0.25) is 0 Å². The third kappa shape index (κ3) is 6.07. The van der Waals surface area contributed by atoms with Gasteiger partial charge in [0.05, 0.1) is 6.61 Å². The summed E-state index contributed by atoms with van der Waals surface area (Å²) in [5.74, 6) is 2.08. The van der Waals surface area contributed by atoms with Gasteiger partial charge in [-0.3, -0.25) is 4.79 Å². The number of aliphatic hydroxyl groups excluding tert-OH is 1. The molecule has 0 saturated carbocycles. The standard InChI is InChI=1S/C14H21NO2S/c1-2-18-10-8-14(17)15-9-7-12-3-5-13(11-16)6-4-12/h3-6,16H,2,7-11H2,1H3,(H,15,17). The first-order chi connectivity index (χ1) is 8.76. The van der Waals surface area contributed by atoms with Gasteiger partial charge in [-0.25, -0.2) is 0 Å². The molecule has 0 spiro atoms. The second-order valence-corrected chi connectivity index (χ2v) is 5.42. The number of thioether (sulfide) groups is 1. The highest BCUT2D eigenvalue weighted by Crippen LogP contribution is 2.05. The van der Waals surface area contributed by atoms with Crippen LogP contribution in [0.1, 0.15) is 24.5 Å². The molecule has 1 rings (SSSR count). The molecule has 0 aliphatic rings. The summed E-state index contributed by atoms with van der Waals surface area (Å²) in [7, 11) is 0. The molecule has 0 bridgehead atoms. The smallest absolute Gasteiger partial charge is 0.220 e. The fourth-order valence-electron chi connectivity index (χ4n) is 1.56. The Hall–Kier alpha value is -1.00. The molecule has 100 valence electrons. The van der Waals surface area contributed by atoms with Gasteiger partial charge in [0.2, 0.25) is 5.91 Å². The van der Waals surface area contributed by atoms with Crippen molar-refractivity contribution in [3.05, 3.63) is 35.4 Å². The summed E-state index contributed by atoms with van der Waals surface area (Å²) in [5.41, 5.74) is 2.09. The van der Waals surface area contributed by atoms with Crippen LogP contribution in [-0.4, -0.2) is 29.1 Å². The van der Waals surface area contributed by atoms with Crippen molar-refractivity contribution in [3.8, 4) is 0 Å². The van der Waals surface area contributed by atoms with Gasteiger partial charge in [-0.15, -0.1) is 0 Å². The highest BCUT2D eigenvalue weighted by Gasteiger charge is 2.00. The highest BCUT2D eigenvalue weighted by molar-refractivity contribution is 7.99. The molecule has 3 nitrogen and oxygen atoms in total. The number of carbonyl (C=O) groups excluding carboxylic acids is 1. The van der Waals surface area contributed by atoms with Gasteiger partial charge in [-0.05, 0) is 23.3 Å². The van der Waals surface area contributed by atoms with E-state index in [2.05, 4.69) is 12.2 Å². The minimum Gasteiger partial charge on any atom is -0.392 e. The lowest BCUT2D eigenvalue weighted by Gasteiger charge is -2.05. The monoisotopic (exact) mass is 267 g/mol. The van der Waals surface area contributed by atoms with Crippen LogP contribution in [0, 0.1) is 0 Å². The van der Waals surface area contributed by atoms with Crippen LogP contribution in [0.25, 0.3) is 0 Å². The molecule has 0 atom stereocenters. The molecule has 1 aromatic rings. The van der Waals surface area contributed by atoms with Crippen molar-refractivity contribution < 1.29 is 9.90 Å². The average Bonchev–Trinajstić information content (AvgIpc) is 2.40. The van der Waals surface area contributed by atoms with Crippen LogP contribution in [0.4, 0.5) is 0 Å². The zero-order valence-electron chi connectivity index (χ0n) is 10.8. The number of hydrogen-bond donors (Lipinski definition) is 2. The fourth-order valence-corrected chi connectivity index (χ4v) is 2.17. The van der Waals surface area contributed by atoms with Crippen molar-refractivity contribution in [1.29, 1.82) is 0 Å². The molecule has 0 aliphatic heterocycles. The molecule has 0 aromatic heterocycles. The Morgan fingerprint density at radius 2 is 1.94 bits per heavy atom. The second-order valence-electron chi connectivity index (χ2n) is 4.02. The van der Waals surface area contributed by atoms with Crippen molar-refractivity contribution >= 4 is 17.7 Å². The quantitative estimate of drug-likeness (QED) is 0.708. The molecule has 0 saturated heterocycles. The predicted molar refractivity (Wildman–Crippen MR) is 76.7 cm³/mol. The molecule has 0 unspecified atom stereocenters. The Morgan fingerprint density at radius 1 is 1.28 bits per heavy atom. The van der Waals surface area contributed by atoms with Crippen LogP contribution < -0.4 is 5.32 Å². The molecular formula is C14H21NO2S. The summed E-state index contributed by atoms with van der Waals surface area (Å²) < 4.78 is 0. The summed E-state index contributed by atoms with van der Waals surface area (Å²) in [6.07, 6.45) is 1.43. The summed E-state index contributed by atoms with van der Waals surface area (Å²) in [6.45, 7) is 2.85. The zero-order valence-corrected chi connectivity index (χ0v) is 11.6. The van der Waals surface area contributed by atoms with Crippen molar-refractivity contribution in [1.82, 2.24) is 5.32 Å². The Kier molecular flexibility index (Phi) is 7.53. The Labute approximate surface area is 113 Å². The number of amides is 1. The van der Waals surface area contributed by atoms with Gasteiger partial charge in [0.1, 0.15) is 0 Å². The van der Waals surface area contributed by atoms with E-state index < -0.39 is 0 Å². The molecule has 2 N–H and O–H groups in total. The third-order valence-corrected chi connectivity index (χ3v) is 3.52. The number of rotatable bonds is 8. The number of aliphatic hydroxyl groups is 1.